The molecule has 0 aromatic heterocycles. The van der Waals surface area contributed by atoms with Gasteiger partial charge in [-0.3, -0.25) is 4.79 Å². The van der Waals surface area contributed by atoms with E-state index in [1.165, 1.54) is 23.5 Å². The molecule has 0 spiro atoms. The molecule has 1 aromatic rings. The molecule has 1 aromatic carbocycles. The summed E-state index contributed by atoms with van der Waals surface area (Å²) in [7, 11) is 0. The summed E-state index contributed by atoms with van der Waals surface area (Å²) < 4.78 is 0.532. The summed E-state index contributed by atoms with van der Waals surface area (Å²) in [5, 5.41) is 6.25. The van der Waals surface area contributed by atoms with Crippen LogP contribution < -0.4 is 10.6 Å². The van der Waals surface area contributed by atoms with Gasteiger partial charge in [0, 0.05) is 18.2 Å². The maximum absolute atomic E-state index is 12.1. The molecule has 0 unspecified atom stereocenters. The van der Waals surface area contributed by atoms with Crippen molar-refractivity contribution in [1.29, 1.82) is 0 Å². The second kappa shape index (κ2) is 8.71. The van der Waals surface area contributed by atoms with E-state index in [1.54, 1.807) is 0 Å². The van der Waals surface area contributed by atoms with Crippen molar-refractivity contribution in [1.82, 2.24) is 10.6 Å². The zero-order valence-corrected chi connectivity index (χ0v) is 14.4. The summed E-state index contributed by atoms with van der Waals surface area (Å²) in [6.45, 7) is 5.72. The minimum absolute atomic E-state index is 0.00949. The van der Waals surface area contributed by atoms with E-state index in [0.29, 0.717) is 17.2 Å². The van der Waals surface area contributed by atoms with Gasteiger partial charge in [0.05, 0.1) is 4.58 Å². The first kappa shape index (κ1) is 16.7. The lowest BCUT2D eigenvalue weighted by Crippen LogP contribution is -2.38. The third-order valence-electron chi connectivity index (χ3n) is 3.39. The summed E-state index contributed by atoms with van der Waals surface area (Å²) in [6.07, 6.45) is 1.30. The standard InChI is InChI=1S/C16H24N2OS2/c1-3-17-12(2)11-18-15(19)13-5-7-14(8-6-13)16-20-9-4-10-21-16/h5-8,12,16-17H,3-4,9-11H2,1-2H3,(H,18,19)/t12-/m1/s1. The van der Waals surface area contributed by atoms with E-state index >= 15 is 0 Å². The van der Waals surface area contributed by atoms with E-state index in [-0.39, 0.29) is 5.91 Å². The molecule has 1 saturated heterocycles. The van der Waals surface area contributed by atoms with Crippen LogP contribution in [0.1, 0.15) is 40.8 Å². The molecule has 116 valence electrons. The Bertz CT molecular complexity index is 444. The van der Waals surface area contributed by atoms with Gasteiger partial charge in [-0.05, 0) is 49.1 Å². The number of amides is 1. The van der Waals surface area contributed by atoms with Crippen LogP contribution in [-0.4, -0.2) is 36.5 Å². The fraction of sp³-hybridized carbons (Fsp3) is 0.562. The number of benzene rings is 1. The molecule has 2 N–H and O–H groups in total. The maximum atomic E-state index is 12.1. The Hall–Kier alpha value is -0.650. The quantitative estimate of drug-likeness (QED) is 0.842. The fourth-order valence-electron chi connectivity index (χ4n) is 2.24. The summed E-state index contributed by atoms with van der Waals surface area (Å²) in [5.74, 6) is 2.49. The monoisotopic (exact) mass is 324 g/mol. The fourth-order valence-corrected chi connectivity index (χ4v) is 5.13. The van der Waals surface area contributed by atoms with Crippen LogP contribution in [0, 0.1) is 0 Å². The van der Waals surface area contributed by atoms with Crippen LogP contribution in [0.4, 0.5) is 0 Å². The summed E-state index contributed by atoms with van der Waals surface area (Å²) in [6, 6.07) is 8.38. The Balaban J connectivity index is 1.87. The van der Waals surface area contributed by atoms with Crippen LogP contribution in [0.25, 0.3) is 0 Å². The Labute approximate surface area is 136 Å². The van der Waals surface area contributed by atoms with Crippen molar-refractivity contribution in [2.45, 2.75) is 30.9 Å². The number of likely N-dealkylation sites (N-methyl/N-ethyl adjacent to an activating group) is 1. The normalized spacial score (nSPS) is 17.4. The first-order valence-corrected chi connectivity index (χ1v) is 9.65. The molecule has 5 heteroatoms. The summed E-state index contributed by atoms with van der Waals surface area (Å²) >= 11 is 4.01. The molecule has 0 aliphatic carbocycles. The number of nitrogens with one attached hydrogen (secondary N) is 2. The molecule has 1 atom stereocenters. The van der Waals surface area contributed by atoms with E-state index in [0.717, 1.165) is 12.1 Å². The number of rotatable bonds is 6. The van der Waals surface area contributed by atoms with Crippen LogP contribution in [0.5, 0.6) is 0 Å². The molecule has 1 heterocycles. The minimum Gasteiger partial charge on any atom is -0.350 e. The predicted octanol–water partition coefficient (Wildman–Crippen LogP) is 3.28. The topological polar surface area (TPSA) is 41.1 Å². The van der Waals surface area contributed by atoms with Crippen LogP contribution in [-0.2, 0) is 0 Å². The van der Waals surface area contributed by atoms with Crippen LogP contribution in [0.15, 0.2) is 24.3 Å². The Morgan fingerprint density at radius 3 is 2.57 bits per heavy atom. The second-order valence-corrected chi connectivity index (χ2v) is 7.94. The number of hydrogen-bond acceptors (Lipinski definition) is 4. The molecule has 3 nitrogen and oxygen atoms in total. The summed E-state index contributed by atoms with van der Waals surface area (Å²) in [5.41, 5.74) is 2.07. The minimum atomic E-state index is 0.00949. The van der Waals surface area contributed by atoms with Gasteiger partial charge in [0.25, 0.3) is 5.91 Å². The van der Waals surface area contributed by atoms with E-state index in [4.69, 9.17) is 0 Å². The van der Waals surface area contributed by atoms with E-state index in [2.05, 4.69) is 36.6 Å². The molecule has 0 bridgehead atoms. The Morgan fingerprint density at radius 1 is 1.29 bits per heavy atom. The lowest BCUT2D eigenvalue weighted by atomic mass is 10.1. The number of hydrogen-bond donors (Lipinski definition) is 2. The number of carbonyl (C=O) groups excluding carboxylic acids is 1. The molecule has 0 saturated carbocycles. The molecule has 1 aliphatic heterocycles. The van der Waals surface area contributed by atoms with Crippen molar-refractivity contribution in [3.05, 3.63) is 35.4 Å². The molecule has 1 aliphatic rings. The van der Waals surface area contributed by atoms with Gasteiger partial charge < -0.3 is 10.6 Å². The van der Waals surface area contributed by atoms with Gasteiger partial charge in [0.1, 0.15) is 0 Å². The van der Waals surface area contributed by atoms with E-state index in [1.807, 2.05) is 35.7 Å². The first-order chi connectivity index (χ1) is 10.2. The average Bonchev–Trinajstić information content (AvgIpc) is 2.54. The predicted molar refractivity (Wildman–Crippen MR) is 94.2 cm³/mol. The van der Waals surface area contributed by atoms with Gasteiger partial charge in [0.15, 0.2) is 0 Å². The van der Waals surface area contributed by atoms with Crippen molar-refractivity contribution < 1.29 is 4.79 Å². The maximum Gasteiger partial charge on any atom is 0.251 e. The van der Waals surface area contributed by atoms with E-state index in [9.17, 15) is 4.79 Å². The van der Waals surface area contributed by atoms with Crippen molar-refractivity contribution in [2.75, 3.05) is 24.6 Å². The molecule has 0 radical (unpaired) electrons. The van der Waals surface area contributed by atoms with Gasteiger partial charge in [-0.2, -0.15) is 0 Å². The number of thioether (sulfide) groups is 2. The first-order valence-electron chi connectivity index (χ1n) is 7.55. The third-order valence-corrected chi connectivity index (χ3v) is 6.41. The van der Waals surface area contributed by atoms with Gasteiger partial charge in [-0.15, -0.1) is 23.5 Å². The SMILES string of the molecule is CCN[C@H](C)CNC(=O)c1ccc(C2SCCCS2)cc1. The highest BCUT2D eigenvalue weighted by atomic mass is 32.2. The zero-order valence-electron chi connectivity index (χ0n) is 12.7. The third kappa shape index (κ3) is 5.24. The van der Waals surface area contributed by atoms with Gasteiger partial charge in [-0.1, -0.05) is 19.1 Å². The van der Waals surface area contributed by atoms with E-state index < -0.39 is 0 Å². The molecule has 1 amide bonds. The zero-order chi connectivity index (χ0) is 15.1. The molecular formula is C16H24N2OS2. The van der Waals surface area contributed by atoms with Crippen molar-refractivity contribution in [3.63, 3.8) is 0 Å². The number of carbonyl (C=O) groups is 1. The molecule has 21 heavy (non-hydrogen) atoms. The molecule has 1 fully saturated rings. The second-order valence-electron chi connectivity index (χ2n) is 5.22. The average molecular weight is 325 g/mol. The lowest BCUT2D eigenvalue weighted by molar-refractivity contribution is 0.0950. The van der Waals surface area contributed by atoms with Crippen LogP contribution in [0.2, 0.25) is 0 Å². The van der Waals surface area contributed by atoms with Crippen LogP contribution >= 0.6 is 23.5 Å². The highest BCUT2D eigenvalue weighted by Crippen LogP contribution is 2.43. The highest BCUT2D eigenvalue weighted by Gasteiger charge is 2.17. The van der Waals surface area contributed by atoms with Crippen molar-refractivity contribution in [2.24, 2.45) is 0 Å². The largest absolute Gasteiger partial charge is 0.350 e. The highest BCUT2D eigenvalue weighted by molar-refractivity contribution is 8.16. The van der Waals surface area contributed by atoms with Crippen molar-refractivity contribution in [3.8, 4) is 0 Å². The van der Waals surface area contributed by atoms with Crippen molar-refractivity contribution >= 4 is 29.4 Å². The van der Waals surface area contributed by atoms with Gasteiger partial charge in [-0.25, -0.2) is 0 Å². The lowest BCUT2D eigenvalue weighted by Gasteiger charge is -2.21. The molecule has 2 rings (SSSR count). The smallest absolute Gasteiger partial charge is 0.251 e. The van der Waals surface area contributed by atoms with Gasteiger partial charge >= 0.3 is 0 Å². The Kier molecular flexibility index (Phi) is 6.93. The van der Waals surface area contributed by atoms with Crippen LogP contribution in [0.3, 0.4) is 0 Å². The Morgan fingerprint density at radius 2 is 1.95 bits per heavy atom. The summed E-state index contributed by atoms with van der Waals surface area (Å²) in [4.78, 5) is 12.1. The molecular weight excluding hydrogens is 300 g/mol. The van der Waals surface area contributed by atoms with Gasteiger partial charge in [0.2, 0.25) is 0 Å².